The molecule has 0 aromatic carbocycles. The molecule has 1 heterocycles. The first-order valence-corrected chi connectivity index (χ1v) is 4.41. The number of aromatic carboxylic acids is 1. The number of rotatable bonds is 4. The molecule has 0 aliphatic carbocycles. The van der Waals surface area contributed by atoms with Crippen LogP contribution in [-0.2, 0) is 6.54 Å². The molecule has 1 aromatic heterocycles. The van der Waals surface area contributed by atoms with Gasteiger partial charge >= 0.3 is 5.97 Å². The Kier molecular flexibility index (Phi) is 3.19. The van der Waals surface area contributed by atoms with Gasteiger partial charge in [0.05, 0.1) is 5.69 Å². The van der Waals surface area contributed by atoms with Crippen molar-refractivity contribution in [3.05, 3.63) is 16.6 Å². The zero-order valence-electron chi connectivity index (χ0n) is 6.70. The van der Waals surface area contributed by atoms with Crippen LogP contribution < -0.4 is 5.32 Å². The number of nitrogens with zero attached hydrogens (tertiary/aromatic N) is 1. The molecule has 66 valence electrons. The summed E-state index contributed by atoms with van der Waals surface area (Å²) in [5.74, 6) is -0.907. The van der Waals surface area contributed by atoms with E-state index < -0.39 is 5.97 Å². The quantitative estimate of drug-likeness (QED) is 0.735. The maximum absolute atomic E-state index is 10.4. The van der Waals surface area contributed by atoms with E-state index in [0.717, 1.165) is 23.8 Å². The fourth-order valence-corrected chi connectivity index (χ4v) is 1.35. The van der Waals surface area contributed by atoms with Crippen LogP contribution >= 0.6 is 11.5 Å². The molecule has 5 heteroatoms. The van der Waals surface area contributed by atoms with Crippen molar-refractivity contribution in [1.82, 2.24) is 9.69 Å². The molecular weight excluding hydrogens is 176 g/mol. The number of nitrogens with one attached hydrogen (secondary N) is 1. The molecule has 4 nitrogen and oxygen atoms in total. The summed E-state index contributed by atoms with van der Waals surface area (Å²) in [7, 11) is 0. The van der Waals surface area contributed by atoms with Crippen molar-refractivity contribution >= 4 is 17.5 Å². The molecule has 0 atom stereocenters. The third-order valence-corrected chi connectivity index (χ3v) is 2.14. The molecule has 0 aliphatic heterocycles. The number of hydrogen-bond donors (Lipinski definition) is 2. The monoisotopic (exact) mass is 186 g/mol. The molecule has 1 rings (SSSR count). The molecule has 0 saturated carbocycles. The van der Waals surface area contributed by atoms with Crippen LogP contribution in [0.15, 0.2) is 6.07 Å². The van der Waals surface area contributed by atoms with Gasteiger partial charge in [0.15, 0.2) is 0 Å². The van der Waals surface area contributed by atoms with Crippen molar-refractivity contribution in [2.24, 2.45) is 0 Å². The maximum Gasteiger partial charge on any atom is 0.347 e. The summed E-state index contributed by atoms with van der Waals surface area (Å²) in [5.41, 5.74) is 0.791. The fourth-order valence-electron chi connectivity index (χ4n) is 0.749. The smallest absolute Gasteiger partial charge is 0.347 e. The fraction of sp³-hybridized carbons (Fsp3) is 0.429. The Morgan fingerprint density at radius 2 is 2.58 bits per heavy atom. The van der Waals surface area contributed by atoms with Gasteiger partial charge in [-0.05, 0) is 24.1 Å². The Balaban J connectivity index is 2.58. The van der Waals surface area contributed by atoms with Crippen LogP contribution in [0.5, 0.6) is 0 Å². The summed E-state index contributed by atoms with van der Waals surface area (Å²) < 4.78 is 3.97. The number of carboxylic acids is 1. The standard InChI is InChI=1S/C7H10N2O2S/c1-2-8-4-5-3-6(7(10)11)12-9-5/h3,8H,2,4H2,1H3,(H,10,11). The highest BCUT2D eigenvalue weighted by Crippen LogP contribution is 2.09. The predicted octanol–water partition coefficient (Wildman–Crippen LogP) is 0.951. The average molecular weight is 186 g/mol. The van der Waals surface area contributed by atoms with Crippen molar-refractivity contribution in [3.8, 4) is 0 Å². The van der Waals surface area contributed by atoms with Crippen molar-refractivity contribution in [1.29, 1.82) is 0 Å². The second-order valence-corrected chi connectivity index (χ2v) is 3.07. The SMILES string of the molecule is CCNCc1cc(C(=O)O)sn1. The summed E-state index contributed by atoms with van der Waals surface area (Å²) in [4.78, 5) is 10.7. The highest BCUT2D eigenvalue weighted by atomic mass is 32.1. The Bertz CT molecular complexity index is 272. The Morgan fingerprint density at radius 1 is 1.83 bits per heavy atom. The second-order valence-electron chi connectivity index (χ2n) is 2.27. The Hall–Kier alpha value is -0.940. The van der Waals surface area contributed by atoms with Crippen LogP contribution in [0.1, 0.15) is 22.3 Å². The van der Waals surface area contributed by atoms with Crippen LogP contribution in [0.25, 0.3) is 0 Å². The molecule has 0 unspecified atom stereocenters. The number of aromatic nitrogens is 1. The zero-order valence-corrected chi connectivity index (χ0v) is 7.52. The summed E-state index contributed by atoms with van der Waals surface area (Å²) in [6.45, 7) is 3.49. The van der Waals surface area contributed by atoms with E-state index in [2.05, 4.69) is 9.69 Å². The molecule has 2 N–H and O–H groups in total. The van der Waals surface area contributed by atoms with Gasteiger partial charge in [-0.1, -0.05) is 6.92 Å². The van der Waals surface area contributed by atoms with Crippen LogP contribution in [0.4, 0.5) is 0 Å². The summed E-state index contributed by atoms with van der Waals surface area (Å²) in [6, 6.07) is 1.59. The number of carbonyl (C=O) groups is 1. The maximum atomic E-state index is 10.4. The van der Waals surface area contributed by atoms with Gasteiger partial charge in [-0.15, -0.1) is 0 Å². The molecule has 0 amide bonds. The van der Waals surface area contributed by atoms with E-state index in [1.165, 1.54) is 0 Å². The van der Waals surface area contributed by atoms with Gasteiger partial charge in [-0.3, -0.25) is 0 Å². The van der Waals surface area contributed by atoms with E-state index in [0.29, 0.717) is 11.4 Å². The third-order valence-electron chi connectivity index (χ3n) is 1.33. The van der Waals surface area contributed by atoms with Gasteiger partial charge in [0.1, 0.15) is 4.88 Å². The van der Waals surface area contributed by atoms with Gasteiger partial charge < -0.3 is 10.4 Å². The van der Waals surface area contributed by atoms with Crippen LogP contribution in [-0.4, -0.2) is 22.0 Å². The summed E-state index contributed by atoms with van der Waals surface area (Å²) in [5, 5.41) is 11.6. The summed E-state index contributed by atoms with van der Waals surface area (Å²) in [6.07, 6.45) is 0. The number of hydrogen-bond acceptors (Lipinski definition) is 4. The number of carboxylic acid groups (broad SMARTS) is 1. The highest BCUT2D eigenvalue weighted by molar-refractivity contribution is 7.08. The first kappa shape index (κ1) is 9.15. The van der Waals surface area contributed by atoms with Crippen molar-refractivity contribution in [3.63, 3.8) is 0 Å². The lowest BCUT2D eigenvalue weighted by atomic mass is 10.4. The Labute approximate surface area is 74.4 Å². The summed E-state index contributed by atoms with van der Waals surface area (Å²) >= 11 is 1.02. The average Bonchev–Trinajstić information content (AvgIpc) is 2.48. The third kappa shape index (κ3) is 2.28. The van der Waals surface area contributed by atoms with Crippen molar-refractivity contribution in [2.75, 3.05) is 6.54 Å². The molecule has 12 heavy (non-hydrogen) atoms. The first-order chi connectivity index (χ1) is 5.74. The van der Waals surface area contributed by atoms with Crippen molar-refractivity contribution < 1.29 is 9.90 Å². The van der Waals surface area contributed by atoms with E-state index in [4.69, 9.17) is 5.11 Å². The lowest BCUT2D eigenvalue weighted by molar-refractivity contribution is 0.0702. The van der Waals surface area contributed by atoms with Crippen LogP contribution in [0.2, 0.25) is 0 Å². The normalized spacial score (nSPS) is 10.1. The van der Waals surface area contributed by atoms with Crippen LogP contribution in [0.3, 0.4) is 0 Å². The first-order valence-electron chi connectivity index (χ1n) is 3.63. The zero-order chi connectivity index (χ0) is 8.97. The van der Waals surface area contributed by atoms with Crippen molar-refractivity contribution in [2.45, 2.75) is 13.5 Å². The predicted molar refractivity (Wildman–Crippen MR) is 46.5 cm³/mol. The molecule has 0 aliphatic rings. The molecule has 1 aromatic rings. The molecule has 0 fully saturated rings. The van der Waals surface area contributed by atoms with Gasteiger partial charge in [-0.25, -0.2) is 4.79 Å². The van der Waals surface area contributed by atoms with E-state index in [1.807, 2.05) is 6.92 Å². The van der Waals surface area contributed by atoms with Gasteiger partial charge in [0.2, 0.25) is 0 Å². The lowest BCUT2D eigenvalue weighted by Crippen LogP contribution is -2.11. The molecule has 0 spiro atoms. The van der Waals surface area contributed by atoms with E-state index in [-0.39, 0.29) is 0 Å². The molecular formula is C7H10N2O2S. The van der Waals surface area contributed by atoms with E-state index in [1.54, 1.807) is 6.07 Å². The largest absolute Gasteiger partial charge is 0.477 e. The second kappa shape index (κ2) is 4.18. The van der Waals surface area contributed by atoms with Gasteiger partial charge in [-0.2, -0.15) is 4.37 Å². The lowest BCUT2D eigenvalue weighted by Gasteiger charge is -1.94. The topological polar surface area (TPSA) is 62.2 Å². The Morgan fingerprint density at radius 3 is 3.08 bits per heavy atom. The minimum Gasteiger partial charge on any atom is -0.477 e. The van der Waals surface area contributed by atoms with E-state index >= 15 is 0 Å². The minimum absolute atomic E-state index is 0.294. The highest BCUT2D eigenvalue weighted by Gasteiger charge is 2.07. The molecule has 0 radical (unpaired) electrons. The van der Waals surface area contributed by atoms with E-state index in [9.17, 15) is 4.79 Å². The molecule has 0 saturated heterocycles. The molecule has 0 bridgehead atoms. The van der Waals surface area contributed by atoms with Crippen LogP contribution in [0, 0.1) is 0 Å². The van der Waals surface area contributed by atoms with Gasteiger partial charge in [0, 0.05) is 6.54 Å². The minimum atomic E-state index is -0.907. The van der Waals surface area contributed by atoms with Gasteiger partial charge in [0.25, 0.3) is 0 Å².